The van der Waals surface area contributed by atoms with Crippen LogP contribution in [0.25, 0.3) is 0 Å². The molecule has 1 aliphatic rings. The van der Waals surface area contributed by atoms with Crippen molar-refractivity contribution in [1.82, 2.24) is 0 Å². The second-order valence-corrected chi connectivity index (χ2v) is 4.95. The second-order valence-electron chi connectivity index (χ2n) is 4.95. The lowest BCUT2D eigenvalue weighted by molar-refractivity contribution is -0.310. The molecule has 6 heteroatoms. The molecule has 6 nitrogen and oxygen atoms in total. The summed E-state index contributed by atoms with van der Waals surface area (Å²) in [7, 11) is 1.25. The molecule has 1 atom stereocenters. The van der Waals surface area contributed by atoms with E-state index in [0.717, 1.165) is 0 Å². The van der Waals surface area contributed by atoms with Gasteiger partial charge < -0.3 is 20.0 Å². The van der Waals surface area contributed by atoms with E-state index in [9.17, 15) is 19.5 Å². The van der Waals surface area contributed by atoms with Gasteiger partial charge in [0.05, 0.1) is 18.4 Å². The number of hydrogen-bond acceptors (Lipinski definition) is 5. The highest BCUT2D eigenvalue weighted by Gasteiger charge is 2.25. The van der Waals surface area contributed by atoms with Gasteiger partial charge in [-0.3, -0.25) is 4.79 Å². The fourth-order valence-corrected chi connectivity index (χ4v) is 2.45. The van der Waals surface area contributed by atoms with Crippen molar-refractivity contribution in [2.24, 2.45) is 5.92 Å². The third kappa shape index (κ3) is 3.33. The number of methoxy groups -OCH3 is 1. The van der Waals surface area contributed by atoms with Crippen LogP contribution in [0.5, 0.6) is 0 Å². The molecule has 0 radical (unpaired) electrons. The van der Waals surface area contributed by atoms with Crippen molar-refractivity contribution in [3.8, 4) is 0 Å². The predicted octanol–water partition coefficient (Wildman–Crippen LogP) is 0.888. The molecule has 22 heavy (non-hydrogen) atoms. The SMILES string of the molecule is COC(=O)c1ccccc1NC(=O)C1=CCCC[C@H]1C(=O)[O-]. The standard InChI is InChI=1S/C16H17NO5/c1-22-16(21)12-8-4-5-9-13(12)17-14(18)10-6-2-3-7-11(10)15(19)20/h4-6,8-9,11H,2-3,7H2,1H3,(H,17,18)(H,19,20)/p-1/t11-/m1/s1. The number of para-hydroxylation sites is 1. The first-order valence-corrected chi connectivity index (χ1v) is 6.94. The van der Waals surface area contributed by atoms with Gasteiger partial charge in [-0.1, -0.05) is 18.2 Å². The number of esters is 1. The van der Waals surface area contributed by atoms with Crippen LogP contribution < -0.4 is 10.4 Å². The van der Waals surface area contributed by atoms with Gasteiger partial charge >= 0.3 is 5.97 Å². The minimum atomic E-state index is -1.26. The normalized spacial score (nSPS) is 17.3. The molecule has 2 rings (SSSR count). The van der Waals surface area contributed by atoms with Crippen LogP contribution in [0.4, 0.5) is 5.69 Å². The number of carboxylic acids is 1. The molecule has 1 aliphatic carbocycles. The number of allylic oxidation sites excluding steroid dienone is 1. The summed E-state index contributed by atoms with van der Waals surface area (Å²) in [4.78, 5) is 35.1. The highest BCUT2D eigenvalue weighted by atomic mass is 16.5. The zero-order valence-corrected chi connectivity index (χ0v) is 12.1. The number of nitrogens with one attached hydrogen (secondary N) is 1. The van der Waals surface area contributed by atoms with Crippen molar-refractivity contribution in [3.05, 3.63) is 41.5 Å². The van der Waals surface area contributed by atoms with Crippen molar-refractivity contribution < 1.29 is 24.2 Å². The molecule has 1 aromatic rings. The highest BCUT2D eigenvalue weighted by Crippen LogP contribution is 2.26. The zero-order chi connectivity index (χ0) is 16.1. The zero-order valence-electron chi connectivity index (χ0n) is 12.1. The predicted molar refractivity (Wildman–Crippen MR) is 76.8 cm³/mol. The number of aliphatic carboxylic acids is 1. The summed E-state index contributed by atoms with van der Waals surface area (Å²) >= 11 is 0. The van der Waals surface area contributed by atoms with Gasteiger partial charge in [0.1, 0.15) is 0 Å². The maximum absolute atomic E-state index is 12.3. The summed E-state index contributed by atoms with van der Waals surface area (Å²) in [5, 5.41) is 13.7. The topological polar surface area (TPSA) is 95.5 Å². The summed E-state index contributed by atoms with van der Waals surface area (Å²) in [6, 6.07) is 6.38. The lowest BCUT2D eigenvalue weighted by atomic mass is 9.87. The number of hydrogen-bond donors (Lipinski definition) is 1. The van der Waals surface area contributed by atoms with Crippen molar-refractivity contribution in [2.75, 3.05) is 12.4 Å². The Morgan fingerprint density at radius 1 is 1.27 bits per heavy atom. The number of amides is 1. The Balaban J connectivity index is 2.24. The Kier molecular flexibility index (Phi) is 4.93. The van der Waals surface area contributed by atoms with Gasteiger partial charge in [0.25, 0.3) is 5.91 Å². The Hall–Kier alpha value is -2.63. The molecule has 0 aromatic heterocycles. The van der Waals surface area contributed by atoms with Crippen molar-refractivity contribution in [3.63, 3.8) is 0 Å². The lowest BCUT2D eigenvalue weighted by Crippen LogP contribution is -2.37. The van der Waals surface area contributed by atoms with Gasteiger partial charge in [-0.05, 0) is 31.4 Å². The highest BCUT2D eigenvalue weighted by molar-refractivity contribution is 6.09. The Morgan fingerprint density at radius 3 is 2.68 bits per heavy atom. The Morgan fingerprint density at radius 2 is 2.00 bits per heavy atom. The van der Waals surface area contributed by atoms with E-state index >= 15 is 0 Å². The van der Waals surface area contributed by atoms with Crippen molar-refractivity contribution >= 4 is 23.5 Å². The van der Waals surface area contributed by atoms with Gasteiger partial charge in [-0.2, -0.15) is 0 Å². The van der Waals surface area contributed by atoms with Gasteiger partial charge in [0.15, 0.2) is 0 Å². The van der Waals surface area contributed by atoms with Crippen LogP contribution in [-0.2, 0) is 14.3 Å². The molecule has 0 bridgehead atoms. The maximum Gasteiger partial charge on any atom is 0.339 e. The van der Waals surface area contributed by atoms with Crippen LogP contribution in [0.2, 0.25) is 0 Å². The molecule has 0 unspecified atom stereocenters. The van der Waals surface area contributed by atoms with E-state index in [-0.39, 0.29) is 16.8 Å². The molecule has 116 valence electrons. The molecular weight excluding hydrogens is 286 g/mol. The van der Waals surface area contributed by atoms with Gasteiger partial charge in [0, 0.05) is 17.5 Å². The van der Waals surface area contributed by atoms with Crippen LogP contribution in [0.3, 0.4) is 0 Å². The number of rotatable bonds is 4. The second kappa shape index (κ2) is 6.89. The van der Waals surface area contributed by atoms with E-state index in [4.69, 9.17) is 0 Å². The van der Waals surface area contributed by atoms with Crippen LogP contribution in [0, 0.1) is 5.92 Å². The third-order valence-electron chi connectivity index (χ3n) is 3.56. The number of carbonyl (C=O) groups is 3. The van der Waals surface area contributed by atoms with Gasteiger partial charge in [-0.15, -0.1) is 0 Å². The van der Waals surface area contributed by atoms with E-state index < -0.39 is 23.8 Å². The molecule has 0 saturated carbocycles. The van der Waals surface area contributed by atoms with Crippen molar-refractivity contribution in [2.45, 2.75) is 19.3 Å². The third-order valence-corrected chi connectivity index (χ3v) is 3.56. The fourth-order valence-electron chi connectivity index (χ4n) is 2.45. The minimum absolute atomic E-state index is 0.172. The molecule has 0 heterocycles. The summed E-state index contributed by atoms with van der Waals surface area (Å²) < 4.78 is 4.65. The van der Waals surface area contributed by atoms with E-state index in [1.807, 2.05) is 0 Å². The first-order chi connectivity index (χ1) is 10.5. The first-order valence-electron chi connectivity index (χ1n) is 6.94. The number of carbonyl (C=O) groups excluding carboxylic acids is 3. The number of anilines is 1. The van der Waals surface area contributed by atoms with Gasteiger partial charge in [0.2, 0.25) is 0 Å². The molecule has 0 fully saturated rings. The quantitative estimate of drug-likeness (QED) is 0.833. The lowest BCUT2D eigenvalue weighted by Gasteiger charge is -2.24. The summed E-state index contributed by atoms with van der Waals surface area (Å²) in [5.41, 5.74) is 0.661. The van der Waals surface area contributed by atoms with E-state index in [1.54, 1.807) is 24.3 Å². The summed E-state index contributed by atoms with van der Waals surface area (Å²) in [6.07, 6.45) is 3.33. The average molecular weight is 302 g/mol. The van der Waals surface area contributed by atoms with E-state index in [0.29, 0.717) is 19.3 Å². The largest absolute Gasteiger partial charge is 0.549 e. The first kappa shape index (κ1) is 15.8. The summed E-state index contributed by atoms with van der Waals surface area (Å²) in [6.45, 7) is 0. The Bertz CT molecular complexity index is 635. The summed E-state index contributed by atoms with van der Waals surface area (Å²) in [5.74, 6) is -3.29. The molecule has 0 spiro atoms. The molecule has 0 aliphatic heterocycles. The monoisotopic (exact) mass is 302 g/mol. The minimum Gasteiger partial charge on any atom is -0.549 e. The fraction of sp³-hybridized carbons (Fsp3) is 0.312. The van der Waals surface area contributed by atoms with Crippen LogP contribution in [0.1, 0.15) is 29.6 Å². The van der Waals surface area contributed by atoms with Crippen LogP contribution in [0.15, 0.2) is 35.9 Å². The number of carboxylic acid groups (broad SMARTS) is 1. The molecular formula is C16H16NO5-. The Labute approximate surface area is 127 Å². The molecule has 1 N–H and O–H groups in total. The van der Waals surface area contributed by atoms with E-state index in [1.165, 1.54) is 13.2 Å². The van der Waals surface area contributed by atoms with Crippen LogP contribution >= 0.6 is 0 Å². The van der Waals surface area contributed by atoms with Gasteiger partial charge in [-0.25, -0.2) is 4.79 Å². The van der Waals surface area contributed by atoms with Crippen LogP contribution in [-0.4, -0.2) is 25.0 Å². The molecule has 1 aromatic carbocycles. The van der Waals surface area contributed by atoms with Crippen molar-refractivity contribution in [1.29, 1.82) is 0 Å². The smallest absolute Gasteiger partial charge is 0.339 e. The number of ether oxygens (including phenoxy) is 1. The average Bonchev–Trinajstić information content (AvgIpc) is 2.54. The van der Waals surface area contributed by atoms with E-state index in [2.05, 4.69) is 10.1 Å². The molecule has 0 saturated heterocycles. The molecule has 1 amide bonds. The number of benzene rings is 1. The maximum atomic E-state index is 12.3.